The van der Waals surface area contributed by atoms with Gasteiger partial charge in [0.25, 0.3) is 0 Å². The van der Waals surface area contributed by atoms with Crippen LogP contribution in [0.15, 0.2) is 55.0 Å². The molecule has 6 rings (SSSR count). The van der Waals surface area contributed by atoms with Gasteiger partial charge in [-0.3, -0.25) is 9.67 Å². The van der Waals surface area contributed by atoms with Gasteiger partial charge in [0, 0.05) is 37.1 Å². The van der Waals surface area contributed by atoms with Crippen molar-refractivity contribution >= 4 is 16.7 Å². The second-order valence-electron chi connectivity index (χ2n) is 9.44. The lowest BCUT2D eigenvalue weighted by atomic mass is 9.96. The molecule has 0 amide bonds. The van der Waals surface area contributed by atoms with Crippen molar-refractivity contribution in [3.63, 3.8) is 0 Å². The molecule has 2 bridgehead atoms. The molecule has 174 valence electrons. The number of fused-ring (bicyclic) bond motifs is 3. The highest BCUT2D eigenvalue weighted by molar-refractivity contribution is 5.85. The van der Waals surface area contributed by atoms with Crippen molar-refractivity contribution in [1.29, 1.82) is 0 Å². The monoisotopic (exact) mass is 458 g/mol. The number of alkyl halides is 1. The van der Waals surface area contributed by atoms with E-state index in [1.165, 1.54) is 0 Å². The minimum Gasteiger partial charge on any atom is -0.507 e. The summed E-state index contributed by atoms with van der Waals surface area (Å²) >= 11 is 0. The molecule has 0 saturated carbocycles. The number of aromatic nitrogens is 4. The third-order valence-electron chi connectivity index (χ3n) is 7.40. The van der Waals surface area contributed by atoms with Gasteiger partial charge in [-0.2, -0.15) is 5.10 Å². The predicted molar refractivity (Wildman–Crippen MR) is 130 cm³/mol. The topological polar surface area (TPSA) is 79.1 Å². The third kappa shape index (κ3) is 3.49. The zero-order chi connectivity index (χ0) is 23.4. The number of rotatable bonds is 4. The first-order valence-electron chi connectivity index (χ1n) is 11.7. The number of aromatic hydroxyl groups is 1. The van der Waals surface area contributed by atoms with E-state index in [1.807, 2.05) is 54.1 Å². The number of nitrogens with one attached hydrogen (secondary N) is 1. The molecule has 2 aromatic heterocycles. The fourth-order valence-electron chi connectivity index (χ4n) is 5.43. The first-order chi connectivity index (χ1) is 16.5. The second-order valence-corrected chi connectivity index (χ2v) is 9.44. The van der Waals surface area contributed by atoms with E-state index in [9.17, 15) is 9.50 Å². The summed E-state index contributed by atoms with van der Waals surface area (Å²) in [6.07, 6.45) is 6.91. The number of phenols is 1. The summed E-state index contributed by atoms with van der Waals surface area (Å²) < 4.78 is 16.8. The zero-order valence-electron chi connectivity index (χ0n) is 19.2. The van der Waals surface area contributed by atoms with Gasteiger partial charge in [-0.15, -0.1) is 0 Å². The van der Waals surface area contributed by atoms with Gasteiger partial charge in [0.05, 0.1) is 35.8 Å². The van der Waals surface area contributed by atoms with E-state index in [0.717, 1.165) is 41.3 Å². The van der Waals surface area contributed by atoms with Gasteiger partial charge in [0.15, 0.2) is 0 Å². The molecular weight excluding hydrogens is 431 g/mol. The maximum absolute atomic E-state index is 14.9. The fraction of sp³-hybridized carbons (Fsp3) is 0.346. The van der Waals surface area contributed by atoms with E-state index in [0.29, 0.717) is 23.1 Å². The summed E-state index contributed by atoms with van der Waals surface area (Å²) in [7, 11) is 3.80. The van der Waals surface area contributed by atoms with Crippen molar-refractivity contribution in [2.24, 2.45) is 7.05 Å². The Morgan fingerprint density at radius 1 is 1.06 bits per heavy atom. The molecule has 4 atom stereocenters. The Hall–Kier alpha value is -3.52. The van der Waals surface area contributed by atoms with E-state index in [-0.39, 0.29) is 17.8 Å². The highest BCUT2D eigenvalue weighted by atomic mass is 19.1. The Morgan fingerprint density at radius 2 is 1.88 bits per heavy atom. The van der Waals surface area contributed by atoms with Crippen molar-refractivity contribution in [2.45, 2.75) is 43.6 Å². The van der Waals surface area contributed by atoms with Gasteiger partial charge in [-0.1, -0.05) is 12.1 Å². The van der Waals surface area contributed by atoms with Gasteiger partial charge < -0.3 is 15.3 Å². The van der Waals surface area contributed by atoms with Crippen molar-refractivity contribution in [2.75, 3.05) is 11.9 Å². The van der Waals surface area contributed by atoms with Crippen molar-refractivity contribution in [3.8, 4) is 28.1 Å². The predicted octanol–water partition coefficient (Wildman–Crippen LogP) is 4.07. The average molecular weight is 459 g/mol. The molecule has 7 nitrogen and oxygen atoms in total. The molecule has 34 heavy (non-hydrogen) atoms. The normalized spacial score (nSPS) is 24.0. The van der Waals surface area contributed by atoms with Crippen molar-refractivity contribution < 1.29 is 9.50 Å². The quantitative estimate of drug-likeness (QED) is 0.480. The number of halogens is 1. The standard InChI is InChI=1S/C26H27FN6O/c1-32(23-11-18-5-7-20(31-18)26(23)27)25-14-28-21(13-29-25)19-6-3-16(10-24(19)34)15-4-8-22-17(9-15)12-30-33(22)2/h3-4,6,8-10,12-14,18,20,23,26,31,34H,5,7,11H2,1-2H3/t18-,20+,23-,26+/m0/s1. The van der Waals surface area contributed by atoms with Gasteiger partial charge >= 0.3 is 0 Å². The van der Waals surface area contributed by atoms with Crippen LogP contribution in [0.2, 0.25) is 0 Å². The van der Waals surface area contributed by atoms with Crippen LogP contribution in [0.25, 0.3) is 33.3 Å². The van der Waals surface area contributed by atoms with Crippen molar-refractivity contribution in [3.05, 3.63) is 55.0 Å². The maximum Gasteiger partial charge on any atom is 0.147 e. The smallest absolute Gasteiger partial charge is 0.147 e. The number of hydrogen-bond acceptors (Lipinski definition) is 6. The molecule has 2 fully saturated rings. The number of nitrogens with zero attached hydrogens (tertiary/aromatic N) is 5. The van der Waals surface area contributed by atoms with E-state index in [4.69, 9.17) is 0 Å². The summed E-state index contributed by atoms with van der Waals surface area (Å²) in [5.41, 5.74) is 4.15. The minimum absolute atomic E-state index is 0.0623. The summed E-state index contributed by atoms with van der Waals surface area (Å²) in [6, 6.07) is 11.8. The summed E-state index contributed by atoms with van der Waals surface area (Å²) in [6.45, 7) is 0. The molecule has 4 aromatic rings. The highest BCUT2D eigenvalue weighted by Crippen LogP contribution is 2.35. The van der Waals surface area contributed by atoms with Crippen LogP contribution in [0.4, 0.5) is 10.2 Å². The lowest BCUT2D eigenvalue weighted by Crippen LogP contribution is -2.55. The Kier molecular flexibility index (Phi) is 4.99. The van der Waals surface area contributed by atoms with E-state index in [1.54, 1.807) is 18.5 Å². The minimum atomic E-state index is -0.923. The Labute approximate surface area is 197 Å². The molecule has 8 heteroatoms. The molecule has 0 spiro atoms. The number of benzene rings is 2. The lowest BCUT2D eigenvalue weighted by Gasteiger charge is -2.38. The third-order valence-corrected chi connectivity index (χ3v) is 7.40. The second kappa shape index (κ2) is 8.06. The number of hydrogen-bond donors (Lipinski definition) is 2. The molecule has 2 aliphatic rings. The van der Waals surface area contributed by atoms with Crippen LogP contribution in [-0.2, 0) is 7.05 Å². The number of anilines is 1. The van der Waals surface area contributed by atoms with E-state index < -0.39 is 6.17 Å². The number of phenolic OH excluding ortho intramolecular Hbond substituents is 1. The zero-order valence-corrected chi connectivity index (χ0v) is 19.2. The summed E-state index contributed by atoms with van der Waals surface area (Å²) in [5.74, 6) is 0.775. The molecule has 2 N–H and O–H groups in total. The Balaban J connectivity index is 1.23. The van der Waals surface area contributed by atoms with Gasteiger partial charge in [-0.25, -0.2) is 9.37 Å². The van der Waals surface area contributed by atoms with E-state index in [2.05, 4.69) is 26.4 Å². The number of aryl methyl sites for hydroxylation is 1. The molecular formula is C26H27FN6O. The SMILES string of the molecule is CN(c1cnc(-c2ccc(-c3ccc4c(cnn4C)c3)cc2O)cn1)[C@H]1C[C@@H]2CC[C@@H](N2)[C@H]1F. The van der Waals surface area contributed by atoms with Crippen LogP contribution < -0.4 is 10.2 Å². The van der Waals surface area contributed by atoms with Gasteiger partial charge in [0.1, 0.15) is 17.7 Å². The van der Waals surface area contributed by atoms with Crippen LogP contribution in [0.3, 0.4) is 0 Å². The highest BCUT2D eigenvalue weighted by Gasteiger charge is 2.43. The molecule has 2 aliphatic heterocycles. The van der Waals surface area contributed by atoms with Crippen molar-refractivity contribution in [1.82, 2.24) is 25.1 Å². The first-order valence-corrected chi connectivity index (χ1v) is 11.7. The number of piperidine rings is 1. The molecule has 0 aliphatic carbocycles. The Morgan fingerprint density at radius 3 is 2.68 bits per heavy atom. The molecule has 0 unspecified atom stereocenters. The lowest BCUT2D eigenvalue weighted by molar-refractivity contribution is 0.176. The molecule has 4 heterocycles. The fourth-order valence-corrected chi connectivity index (χ4v) is 5.43. The molecule has 2 aromatic carbocycles. The Bertz CT molecular complexity index is 1350. The van der Waals surface area contributed by atoms with Crippen LogP contribution in [0.1, 0.15) is 19.3 Å². The van der Waals surface area contributed by atoms with Gasteiger partial charge in [-0.05, 0) is 54.7 Å². The van der Waals surface area contributed by atoms with Crippen LogP contribution >= 0.6 is 0 Å². The van der Waals surface area contributed by atoms with Crippen LogP contribution in [0, 0.1) is 0 Å². The van der Waals surface area contributed by atoms with Crippen LogP contribution in [0.5, 0.6) is 5.75 Å². The first kappa shape index (κ1) is 21.0. The largest absolute Gasteiger partial charge is 0.507 e. The van der Waals surface area contributed by atoms with Gasteiger partial charge in [0.2, 0.25) is 0 Å². The average Bonchev–Trinajstić information content (AvgIpc) is 3.44. The summed E-state index contributed by atoms with van der Waals surface area (Å²) in [5, 5.41) is 19.5. The van der Waals surface area contributed by atoms with E-state index >= 15 is 0 Å². The van der Waals surface area contributed by atoms with Crippen LogP contribution in [-0.4, -0.2) is 56.2 Å². The molecule has 0 radical (unpaired) electrons. The molecule has 2 saturated heterocycles. The maximum atomic E-state index is 14.9. The summed E-state index contributed by atoms with van der Waals surface area (Å²) in [4.78, 5) is 11.0.